The predicted octanol–water partition coefficient (Wildman–Crippen LogP) is 6.50. The lowest BCUT2D eigenvalue weighted by Crippen LogP contribution is -2.16. The smallest absolute Gasteiger partial charge is 0.0843 e. The second-order valence-corrected chi connectivity index (χ2v) is 8.78. The van der Waals surface area contributed by atoms with E-state index in [0.717, 1.165) is 12.7 Å². The van der Waals surface area contributed by atoms with Crippen LogP contribution in [0.3, 0.4) is 0 Å². The normalized spacial score (nSPS) is 12.8. The summed E-state index contributed by atoms with van der Waals surface area (Å²) in [7, 11) is 2.00. The summed E-state index contributed by atoms with van der Waals surface area (Å²) in [5.74, 6) is 0. The minimum Gasteiger partial charge on any atom is -0.309 e. The monoisotopic (exact) mass is 487 g/mol. The van der Waals surface area contributed by atoms with E-state index >= 15 is 0 Å². The van der Waals surface area contributed by atoms with Gasteiger partial charge in [0.2, 0.25) is 0 Å². The summed E-state index contributed by atoms with van der Waals surface area (Å²) in [6.45, 7) is 0. The SMILES string of the molecule is CNC(c1cc(Br)c(Br)s1)c1ccc(Br)c2ccccc12. The Morgan fingerprint density at radius 1 is 0.952 bits per heavy atom. The second kappa shape index (κ2) is 6.50. The molecule has 0 aliphatic carbocycles. The van der Waals surface area contributed by atoms with Crippen molar-refractivity contribution in [1.82, 2.24) is 5.32 Å². The lowest BCUT2D eigenvalue weighted by atomic mass is 9.98. The van der Waals surface area contributed by atoms with Crippen LogP contribution < -0.4 is 5.32 Å². The van der Waals surface area contributed by atoms with Crippen molar-refractivity contribution in [3.8, 4) is 0 Å². The van der Waals surface area contributed by atoms with Gasteiger partial charge in [-0.3, -0.25) is 0 Å². The molecule has 1 atom stereocenters. The van der Waals surface area contributed by atoms with Gasteiger partial charge in [-0.2, -0.15) is 0 Å². The largest absolute Gasteiger partial charge is 0.309 e. The first kappa shape index (κ1) is 15.7. The van der Waals surface area contributed by atoms with Crippen LogP contribution in [0.5, 0.6) is 0 Å². The van der Waals surface area contributed by atoms with Crippen LogP contribution in [-0.4, -0.2) is 7.05 Å². The van der Waals surface area contributed by atoms with Crippen molar-refractivity contribution in [1.29, 1.82) is 0 Å². The molecule has 108 valence electrons. The average Bonchev–Trinajstić information content (AvgIpc) is 2.82. The molecule has 1 heterocycles. The van der Waals surface area contributed by atoms with Crippen LogP contribution in [0.4, 0.5) is 0 Å². The van der Waals surface area contributed by atoms with Gasteiger partial charge in [0.1, 0.15) is 0 Å². The lowest BCUT2D eigenvalue weighted by molar-refractivity contribution is 0.709. The number of hydrogen-bond acceptors (Lipinski definition) is 2. The molecule has 0 aliphatic heterocycles. The molecule has 0 amide bonds. The van der Waals surface area contributed by atoms with Gasteiger partial charge in [0, 0.05) is 13.8 Å². The van der Waals surface area contributed by atoms with Crippen molar-refractivity contribution >= 4 is 69.9 Å². The maximum atomic E-state index is 3.64. The first-order valence-electron chi connectivity index (χ1n) is 6.41. The van der Waals surface area contributed by atoms with Crippen LogP contribution in [-0.2, 0) is 0 Å². The van der Waals surface area contributed by atoms with E-state index < -0.39 is 0 Å². The van der Waals surface area contributed by atoms with Crippen molar-refractivity contribution in [3.63, 3.8) is 0 Å². The van der Waals surface area contributed by atoms with Gasteiger partial charge < -0.3 is 5.32 Å². The summed E-state index contributed by atoms with van der Waals surface area (Å²) >= 11 is 12.6. The molecule has 0 spiro atoms. The third-order valence-corrected chi connectivity index (χ3v) is 7.47. The molecular formula is C16H12Br3NS. The summed E-state index contributed by atoms with van der Waals surface area (Å²) in [5.41, 5.74) is 1.29. The molecule has 1 N–H and O–H groups in total. The number of halogens is 3. The highest BCUT2D eigenvalue weighted by molar-refractivity contribution is 9.13. The predicted molar refractivity (Wildman–Crippen MR) is 102 cm³/mol. The molecule has 0 saturated heterocycles. The van der Waals surface area contributed by atoms with Crippen molar-refractivity contribution < 1.29 is 0 Å². The van der Waals surface area contributed by atoms with E-state index in [1.165, 1.54) is 21.2 Å². The van der Waals surface area contributed by atoms with Crippen molar-refractivity contribution in [2.24, 2.45) is 0 Å². The summed E-state index contributed by atoms with van der Waals surface area (Å²) < 4.78 is 3.36. The Morgan fingerprint density at radius 2 is 1.67 bits per heavy atom. The summed E-state index contributed by atoms with van der Waals surface area (Å²) in [5, 5.41) is 5.95. The minimum absolute atomic E-state index is 0.176. The third kappa shape index (κ3) is 2.99. The molecule has 3 aromatic rings. The zero-order chi connectivity index (χ0) is 15.0. The van der Waals surface area contributed by atoms with Gasteiger partial charge in [-0.1, -0.05) is 46.3 Å². The molecule has 5 heteroatoms. The quantitative estimate of drug-likeness (QED) is 0.443. The topological polar surface area (TPSA) is 12.0 Å². The molecule has 0 aliphatic rings. The molecular weight excluding hydrogens is 478 g/mol. The summed E-state index contributed by atoms with van der Waals surface area (Å²) in [6, 6.07) is 15.2. The van der Waals surface area contributed by atoms with E-state index in [9.17, 15) is 0 Å². The van der Waals surface area contributed by atoms with E-state index in [2.05, 4.69) is 95.6 Å². The Morgan fingerprint density at radius 3 is 2.29 bits per heavy atom. The van der Waals surface area contributed by atoms with E-state index in [0.29, 0.717) is 0 Å². The van der Waals surface area contributed by atoms with Crippen LogP contribution in [0.25, 0.3) is 10.8 Å². The van der Waals surface area contributed by atoms with Crippen molar-refractivity contribution in [3.05, 3.63) is 65.6 Å². The molecule has 1 unspecified atom stereocenters. The van der Waals surface area contributed by atoms with E-state index in [4.69, 9.17) is 0 Å². The van der Waals surface area contributed by atoms with E-state index in [-0.39, 0.29) is 6.04 Å². The van der Waals surface area contributed by atoms with E-state index in [1.807, 2.05) is 7.05 Å². The molecule has 0 fully saturated rings. The molecule has 1 aromatic heterocycles. The minimum atomic E-state index is 0.176. The fourth-order valence-corrected chi connectivity index (χ4v) is 5.19. The van der Waals surface area contributed by atoms with Gasteiger partial charge in [-0.15, -0.1) is 11.3 Å². The number of rotatable bonds is 3. The van der Waals surface area contributed by atoms with Crippen LogP contribution in [0.1, 0.15) is 16.5 Å². The average molecular weight is 490 g/mol. The van der Waals surface area contributed by atoms with Gasteiger partial charge in [0.25, 0.3) is 0 Å². The highest BCUT2D eigenvalue weighted by Gasteiger charge is 2.18. The fourth-order valence-electron chi connectivity index (χ4n) is 2.49. The van der Waals surface area contributed by atoms with Gasteiger partial charge in [-0.05, 0) is 67.4 Å². The molecule has 21 heavy (non-hydrogen) atoms. The standard InChI is InChI=1S/C16H12Br3NS/c1-20-15(14-8-13(18)16(19)21-14)11-6-7-12(17)10-5-3-2-4-9(10)11/h2-8,15,20H,1H3. The highest BCUT2D eigenvalue weighted by atomic mass is 79.9. The number of fused-ring (bicyclic) bond motifs is 1. The van der Waals surface area contributed by atoms with Crippen molar-refractivity contribution in [2.75, 3.05) is 7.05 Å². The zero-order valence-corrected chi connectivity index (χ0v) is 16.7. The molecule has 0 radical (unpaired) electrons. The zero-order valence-electron chi connectivity index (χ0n) is 11.2. The summed E-state index contributed by atoms with van der Waals surface area (Å²) in [4.78, 5) is 1.28. The van der Waals surface area contributed by atoms with Crippen LogP contribution in [0.2, 0.25) is 0 Å². The Hall–Kier alpha value is -0.200. The lowest BCUT2D eigenvalue weighted by Gasteiger charge is -2.18. The maximum absolute atomic E-state index is 3.64. The Balaban J connectivity index is 2.20. The molecule has 3 rings (SSSR count). The second-order valence-electron chi connectivity index (χ2n) is 4.67. The van der Waals surface area contributed by atoms with Gasteiger partial charge >= 0.3 is 0 Å². The Bertz CT molecular complexity index is 778. The molecule has 2 aromatic carbocycles. The Labute approximate surface area is 153 Å². The number of thiophene rings is 1. The van der Waals surface area contributed by atoms with Crippen molar-refractivity contribution in [2.45, 2.75) is 6.04 Å². The third-order valence-electron chi connectivity index (χ3n) is 3.45. The van der Waals surface area contributed by atoms with Gasteiger partial charge in [0.05, 0.1) is 9.83 Å². The number of nitrogens with one attached hydrogen (secondary N) is 1. The van der Waals surface area contributed by atoms with Crippen LogP contribution in [0, 0.1) is 0 Å². The first-order chi connectivity index (χ1) is 10.1. The van der Waals surface area contributed by atoms with Crippen LogP contribution in [0.15, 0.2) is 55.2 Å². The Kier molecular flexibility index (Phi) is 4.86. The molecule has 0 bridgehead atoms. The van der Waals surface area contributed by atoms with Gasteiger partial charge in [0.15, 0.2) is 0 Å². The first-order valence-corrected chi connectivity index (χ1v) is 9.60. The molecule has 1 nitrogen and oxygen atoms in total. The number of hydrogen-bond donors (Lipinski definition) is 1. The summed E-state index contributed by atoms with van der Waals surface area (Å²) in [6.07, 6.45) is 0. The maximum Gasteiger partial charge on any atom is 0.0843 e. The van der Waals surface area contributed by atoms with E-state index in [1.54, 1.807) is 11.3 Å². The fraction of sp³-hybridized carbons (Fsp3) is 0.125. The highest BCUT2D eigenvalue weighted by Crippen LogP contribution is 2.40. The van der Waals surface area contributed by atoms with Crippen LogP contribution >= 0.6 is 59.1 Å². The molecule has 0 saturated carbocycles. The van der Waals surface area contributed by atoms with Gasteiger partial charge in [-0.25, -0.2) is 0 Å². The number of benzene rings is 2.